The molecule has 3 rings (SSSR count). The molecule has 8 heteroatoms. The first kappa shape index (κ1) is 17.4. The van der Waals surface area contributed by atoms with E-state index >= 15 is 0 Å². The highest BCUT2D eigenvalue weighted by Gasteiger charge is 2.13. The first-order chi connectivity index (χ1) is 12.4. The third-order valence-electron chi connectivity index (χ3n) is 4.00. The Labute approximate surface area is 146 Å². The van der Waals surface area contributed by atoms with Crippen molar-refractivity contribution in [1.29, 1.82) is 0 Å². The molecule has 0 saturated carbocycles. The fourth-order valence-corrected chi connectivity index (χ4v) is 2.63. The number of carboxylic acids is 1. The number of carboxylic acid groups (broad SMARTS) is 1. The monoisotopic (exact) mass is 358 g/mol. The lowest BCUT2D eigenvalue weighted by atomic mass is 10.1. The molecular weight excluding hydrogens is 343 g/mol. The van der Waals surface area contributed by atoms with E-state index in [1.165, 1.54) is 54.1 Å². The van der Waals surface area contributed by atoms with Crippen LogP contribution in [0.5, 0.6) is 5.75 Å². The number of benzene rings is 2. The second kappa shape index (κ2) is 6.83. The maximum Gasteiger partial charge on any atom is 0.335 e. The second-order valence-corrected chi connectivity index (χ2v) is 5.64. The molecule has 0 unspecified atom stereocenters. The smallest absolute Gasteiger partial charge is 0.335 e. The molecule has 2 aromatic carbocycles. The van der Waals surface area contributed by atoms with Gasteiger partial charge in [0.05, 0.1) is 23.0 Å². The van der Waals surface area contributed by atoms with E-state index in [4.69, 9.17) is 9.84 Å². The fraction of sp³-hybridized carbons (Fsp3) is 0.167. The van der Waals surface area contributed by atoms with E-state index in [0.717, 1.165) is 4.57 Å². The van der Waals surface area contributed by atoms with E-state index in [2.05, 4.69) is 0 Å². The zero-order valence-electron chi connectivity index (χ0n) is 13.8. The maximum atomic E-state index is 12.9. The first-order valence-corrected chi connectivity index (χ1v) is 7.74. The number of ether oxygens (including phenoxy) is 1. The maximum absolute atomic E-state index is 12.9. The molecule has 1 N–H and O–H groups in total. The summed E-state index contributed by atoms with van der Waals surface area (Å²) < 4.78 is 20.6. The van der Waals surface area contributed by atoms with Gasteiger partial charge in [-0.3, -0.25) is 13.9 Å². The van der Waals surface area contributed by atoms with Crippen LogP contribution in [-0.2, 0) is 13.6 Å². The molecule has 0 fully saturated rings. The van der Waals surface area contributed by atoms with Crippen LogP contribution in [0.1, 0.15) is 10.4 Å². The van der Waals surface area contributed by atoms with E-state index in [9.17, 15) is 18.8 Å². The molecule has 0 bridgehead atoms. The van der Waals surface area contributed by atoms with Gasteiger partial charge in [-0.05, 0) is 42.5 Å². The van der Waals surface area contributed by atoms with Gasteiger partial charge in [0, 0.05) is 7.05 Å². The van der Waals surface area contributed by atoms with Crippen LogP contribution >= 0.6 is 0 Å². The lowest BCUT2D eigenvalue weighted by Gasteiger charge is -2.12. The lowest BCUT2D eigenvalue weighted by Crippen LogP contribution is -2.40. The molecule has 7 nitrogen and oxygen atoms in total. The topological polar surface area (TPSA) is 90.5 Å². The Morgan fingerprint density at radius 1 is 1.15 bits per heavy atom. The van der Waals surface area contributed by atoms with Crippen LogP contribution < -0.4 is 16.0 Å². The van der Waals surface area contributed by atoms with Crippen molar-refractivity contribution in [2.45, 2.75) is 6.54 Å². The second-order valence-electron chi connectivity index (χ2n) is 5.64. The number of hydrogen-bond acceptors (Lipinski definition) is 4. The third kappa shape index (κ3) is 3.21. The van der Waals surface area contributed by atoms with Crippen LogP contribution in [-0.4, -0.2) is 26.8 Å². The molecule has 134 valence electrons. The number of aryl methyl sites for hydroxylation is 1. The minimum absolute atomic E-state index is 0.0188. The van der Waals surface area contributed by atoms with Gasteiger partial charge in [-0.1, -0.05) is 0 Å². The summed E-state index contributed by atoms with van der Waals surface area (Å²) in [4.78, 5) is 36.2. The van der Waals surface area contributed by atoms with E-state index in [-0.39, 0.29) is 24.1 Å². The van der Waals surface area contributed by atoms with Crippen LogP contribution in [0.4, 0.5) is 4.39 Å². The molecule has 0 aliphatic rings. The molecule has 0 atom stereocenters. The van der Waals surface area contributed by atoms with Crippen LogP contribution in [0.2, 0.25) is 0 Å². The summed E-state index contributed by atoms with van der Waals surface area (Å²) in [6.07, 6.45) is 0. The minimum Gasteiger partial charge on any atom is -0.492 e. The van der Waals surface area contributed by atoms with E-state index < -0.39 is 23.0 Å². The van der Waals surface area contributed by atoms with Gasteiger partial charge in [0.1, 0.15) is 18.2 Å². The zero-order chi connectivity index (χ0) is 18.8. The van der Waals surface area contributed by atoms with Gasteiger partial charge in [0.2, 0.25) is 0 Å². The number of nitrogens with zero attached hydrogens (tertiary/aromatic N) is 2. The first-order valence-electron chi connectivity index (χ1n) is 7.74. The summed E-state index contributed by atoms with van der Waals surface area (Å²) in [7, 11) is 1.50. The Bertz CT molecular complexity index is 1100. The number of hydrogen-bond donors (Lipinski definition) is 1. The van der Waals surface area contributed by atoms with Crippen molar-refractivity contribution in [3.8, 4) is 5.75 Å². The van der Waals surface area contributed by atoms with Crippen molar-refractivity contribution in [1.82, 2.24) is 9.13 Å². The van der Waals surface area contributed by atoms with Crippen LogP contribution in [0.25, 0.3) is 10.9 Å². The molecule has 1 heterocycles. The van der Waals surface area contributed by atoms with Gasteiger partial charge in [-0.15, -0.1) is 0 Å². The fourth-order valence-electron chi connectivity index (χ4n) is 2.63. The molecular formula is C18H15FN2O5. The molecule has 0 saturated heterocycles. The summed E-state index contributed by atoms with van der Waals surface area (Å²) >= 11 is 0. The Hall–Kier alpha value is -3.42. The average molecular weight is 358 g/mol. The third-order valence-corrected chi connectivity index (χ3v) is 4.00. The molecule has 0 spiro atoms. The molecule has 0 aliphatic heterocycles. The predicted molar refractivity (Wildman–Crippen MR) is 92.3 cm³/mol. The SMILES string of the molecule is Cn1c(=O)n(CCOc2ccc(F)cc2)c(=O)c2cc(C(=O)O)ccc21. The number of carbonyl (C=O) groups is 1. The Morgan fingerprint density at radius 3 is 2.50 bits per heavy atom. The minimum atomic E-state index is -1.16. The molecule has 0 amide bonds. The van der Waals surface area contributed by atoms with Crippen molar-refractivity contribution in [2.24, 2.45) is 7.05 Å². The Balaban J connectivity index is 1.94. The molecule has 1 aromatic heterocycles. The average Bonchev–Trinajstić information content (AvgIpc) is 2.63. The Morgan fingerprint density at radius 2 is 1.85 bits per heavy atom. The van der Waals surface area contributed by atoms with Crippen molar-refractivity contribution >= 4 is 16.9 Å². The summed E-state index contributed by atoms with van der Waals surface area (Å²) in [5.41, 5.74) is -0.815. The molecule has 26 heavy (non-hydrogen) atoms. The Kier molecular flexibility index (Phi) is 4.57. The van der Waals surface area contributed by atoms with Gasteiger partial charge in [0.15, 0.2) is 0 Å². The number of aromatic carboxylic acids is 1. The van der Waals surface area contributed by atoms with Gasteiger partial charge < -0.3 is 9.84 Å². The van der Waals surface area contributed by atoms with Gasteiger partial charge in [-0.25, -0.2) is 14.0 Å². The van der Waals surface area contributed by atoms with Crippen molar-refractivity contribution < 1.29 is 19.0 Å². The normalized spacial score (nSPS) is 10.8. The number of fused-ring (bicyclic) bond motifs is 1. The molecule has 0 aliphatic carbocycles. The summed E-state index contributed by atoms with van der Waals surface area (Å²) in [5.74, 6) is -1.15. The van der Waals surface area contributed by atoms with Crippen molar-refractivity contribution in [2.75, 3.05) is 6.61 Å². The van der Waals surface area contributed by atoms with Crippen LogP contribution in [0.15, 0.2) is 52.1 Å². The number of rotatable bonds is 5. The quantitative estimate of drug-likeness (QED) is 0.748. The van der Waals surface area contributed by atoms with Gasteiger partial charge in [0.25, 0.3) is 5.56 Å². The molecule has 0 radical (unpaired) electrons. The highest BCUT2D eigenvalue weighted by Crippen LogP contribution is 2.12. The van der Waals surface area contributed by atoms with Crippen molar-refractivity contribution in [3.05, 3.63) is 74.7 Å². The predicted octanol–water partition coefficient (Wildman–Crippen LogP) is 1.62. The number of halogens is 1. The van der Waals surface area contributed by atoms with Crippen LogP contribution in [0, 0.1) is 5.82 Å². The van der Waals surface area contributed by atoms with Crippen molar-refractivity contribution in [3.63, 3.8) is 0 Å². The molecule has 3 aromatic rings. The summed E-state index contributed by atoms with van der Waals surface area (Å²) in [6, 6.07) is 9.38. The van der Waals surface area contributed by atoms with Gasteiger partial charge >= 0.3 is 11.7 Å². The van der Waals surface area contributed by atoms with Gasteiger partial charge in [-0.2, -0.15) is 0 Å². The standard InChI is InChI=1S/C18H15FN2O5/c1-20-15-7-2-11(17(23)24)10-14(15)16(22)21(18(20)25)8-9-26-13-5-3-12(19)4-6-13/h2-7,10H,8-9H2,1H3,(H,23,24). The van der Waals surface area contributed by atoms with E-state index in [1.807, 2.05) is 0 Å². The zero-order valence-corrected chi connectivity index (χ0v) is 13.8. The van der Waals surface area contributed by atoms with Crippen LogP contribution in [0.3, 0.4) is 0 Å². The summed E-state index contributed by atoms with van der Waals surface area (Å²) in [5, 5.41) is 9.22. The lowest BCUT2D eigenvalue weighted by molar-refractivity contribution is 0.0697. The van der Waals surface area contributed by atoms with E-state index in [1.54, 1.807) is 0 Å². The highest BCUT2D eigenvalue weighted by atomic mass is 19.1. The van der Waals surface area contributed by atoms with E-state index in [0.29, 0.717) is 11.3 Å². The number of aromatic nitrogens is 2. The summed E-state index contributed by atoms with van der Waals surface area (Å²) in [6.45, 7) is -0.0129. The largest absolute Gasteiger partial charge is 0.492 e. The highest BCUT2D eigenvalue weighted by molar-refractivity contribution is 5.93.